The Morgan fingerprint density at radius 1 is 1.00 bits per heavy atom. The molecule has 0 amide bonds. The number of hydrogen-bond donors (Lipinski definition) is 0. The average molecular weight is 206 g/mol. The fourth-order valence-corrected chi connectivity index (χ4v) is 2.14. The Bertz CT molecular complexity index is 278. The lowest BCUT2D eigenvalue weighted by atomic mass is 9.94. The van der Waals surface area contributed by atoms with Gasteiger partial charge in [-0.25, -0.2) is 0 Å². The molecular weight excluding hydrogens is 188 g/mol. The van der Waals surface area contributed by atoms with Gasteiger partial charge in [-0.2, -0.15) is 0 Å². The van der Waals surface area contributed by atoms with Crippen molar-refractivity contribution in [2.75, 3.05) is 0 Å². The second-order valence-corrected chi connectivity index (χ2v) is 4.32. The summed E-state index contributed by atoms with van der Waals surface area (Å²) in [7, 11) is 0. The fourth-order valence-electron chi connectivity index (χ4n) is 2.14. The molecule has 2 heteroatoms. The molecule has 0 aromatic carbocycles. The average Bonchev–Trinajstić information content (AvgIpc) is 2.31. The number of carbonyl (C=O) groups excluding carboxylic acids is 1. The van der Waals surface area contributed by atoms with Crippen LogP contribution in [0.25, 0.3) is 0 Å². The van der Waals surface area contributed by atoms with E-state index in [2.05, 4.69) is 24.3 Å². The molecule has 2 aliphatic carbocycles. The first-order valence-corrected chi connectivity index (χ1v) is 5.87. The lowest BCUT2D eigenvalue weighted by Crippen LogP contribution is -2.25. The van der Waals surface area contributed by atoms with Crippen molar-refractivity contribution >= 4 is 5.97 Å². The second kappa shape index (κ2) is 5.15. The zero-order valence-corrected chi connectivity index (χ0v) is 9.02. The predicted molar refractivity (Wildman–Crippen MR) is 59.4 cm³/mol. The van der Waals surface area contributed by atoms with Gasteiger partial charge in [0.05, 0.1) is 5.92 Å². The van der Waals surface area contributed by atoms with Gasteiger partial charge in [0.2, 0.25) is 0 Å². The molecule has 0 N–H and O–H groups in total. The standard InChI is InChI=1S/C13H18O2/c14-13(11-7-3-1-4-8-11)15-12-9-5-2-6-10-12/h1-3,5,11-12H,4,6-10H2/t11-,12-/m0/s1. The third kappa shape index (κ3) is 2.95. The van der Waals surface area contributed by atoms with Crippen molar-refractivity contribution in [2.45, 2.75) is 44.6 Å². The van der Waals surface area contributed by atoms with Crippen molar-refractivity contribution in [1.29, 1.82) is 0 Å². The van der Waals surface area contributed by atoms with Crippen LogP contribution in [0.2, 0.25) is 0 Å². The molecule has 15 heavy (non-hydrogen) atoms. The molecule has 0 radical (unpaired) electrons. The van der Waals surface area contributed by atoms with Crippen molar-refractivity contribution in [3.8, 4) is 0 Å². The van der Waals surface area contributed by atoms with E-state index in [0.29, 0.717) is 0 Å². The van der Waals surface area contributed by atoms with Gasteiger partial charge in [-0.3, -0.25) is 4.79 Å². The number of hydrogen-bond acceptors (Lipinski definition) is 2. The molecule has 82 valence electrons. The maximum Gasteiger partial charge on any atom is 0.309 e. The predicted octanol–water partition coefficient (Wildman–Crippen LogP) is 2.99. The van der Waals surface area contributed by atoms with Crippen molar-refractivity contribution in [1.82, 2.24) is 0 Å². The summed E-state index contributed by atoms with van der Waals surface area (Å²) >= 11 is 0. The summed E-state index contributed by atoms with van der Waals surface area (Å²) in [5.41, 5.74) is 0. The Morgan fingerprint density at radius 2 is 1.73 bits per heavy atom. The fraction of sp³-hybridized carbons (Fsp3) is 0.615. The van der Waals surface area contributed by atoms with Crippen LogP contribution in [-0.2, 0) is 9.53 Å². The molecule has 2 aliphatic rings. The van der Waals surface area contributed by atoms with E-state index in [0.717, 1.165) is 38.5 Å². The Hall–Kier alpha value is -1.05. The molecule has 0 saturated heterocycles. The van der Waals surface area contributed by atoms with E-state index in [1.165, 1.54) is 0 Å². The highest BCUT2D eigenvalue weighted by Gasteiger charge is 2.23. The molecule has 0 aliphatic heterocycles. The summed E-state index contributed by atoms with van der Waals surface area (Å²) in [4.78, 5) is 11.8. The minimum atomic E-state index is 0.0136. The smallest absolute Gasteiger partial charge is 0.309 e. The van der Waals surface area contributed by atoms with Gasteiger partial charge >= 0.3 is 5.97 Å². The maximum absolute atomic E-state index is 11.8. The van der Waals surface area contributed by atoms with E-state index in [-0.39, 0.29) is 18.0 Å². The van der Waals surface area contributed by atoms with Crippen LogP contribution in [0.3, 0.4) is 0 Å². The van der Waals surface area contributed by atoms with Gasteiger partial charge in [-0.1, -0.05) is 24.3 Å². The van der Waals surface area contributed by atoms with E-state index in [4.69, 9.17) is 4.74 Å². The lowest BCUT2D eigenvalue weighted by Gasteiger charge is -2.22. The minimum absolute atomic E-state index is 0.0136. The molecule has 0 aromatic rings. The van der Waals surface area contributed by atoms with Crippen LogP contribution in [0.4, 0.5) is 0 Å². The SMILES string of the molecule is O=C(O[C@H]1CC=CCC1)[C@H]1CC=CCC1. The molecular formula is C13H18O2. The molecule has 2 rings (SSSR count). The van der Waals surface area contributed by atoms with Crippen LogP contribution in [0, 0.1) is 5.92 Å². The zero-order valence-electron chi connectivity index (χ0n) is 9.02. The van der Waals surface area contributed by atoms with Gasteiger partial charge in [0.1, 0.15) is 6.10 Å². The van der Waals surface area contributed by atoms with Crippen molar-refractivity contribution in [2.24, 2.45) is 5.92 Å². The Balaban J connectivity index is 1.80. The van der Waals surface area contributed by atoms with Crippen molar-refractivity contribution < 1.29 is 9.53 Å². The van der Waals surface area contributed by atoms with Gasteiger partial charge in [0.15, 0.2) is 0 Å². The summed E-state index contributed by atoms with van der Waals surface area (Å²) in [6, 6.07) is 0. The minimum Gasteiger partial charge on any atom is -0.462 e. The third-order valence-electron chi connectivity index (χ3n) is 3.11. The van der Waals surface area contributed by atoms with Crippen molar-refractivity contribution in [3.63, 3.8) is 0 Å². The van der Waals surface area contributed by atoms with E-state index in [9.17, 15) is 4.79 Å². The molecule has 0 heterocycles. The number of esters is 1. The summed E-state index contributed by atoms with van der Waals surface area (Å²) in [6.45, 7) is 0. The molecule has 0 saturated carbocycles. The van der Waals surface area contributed by atoms with Gasteiger partial charge in [-0.15, -0.1) is 0 Å². The van der Waals surface area contributed by atoms with E-state index in [1.54, 1.807) is 0 Å². The number of allylic oxidation sites excluding steroid dienone is 3. The maximum atomic E-state index is 11.8. The second-order valence-electron chi connectivity index (χ2n) is 4.32. The Labute approximate surface area is 91.0 Å². The normalized spacial score (nSPS) is 30.1. The highest BCUT2D eigenvalue weighted by atomic mass is 16.5. The number of rotatable bonds is 2. The zero-order chi connectivity index (χ0) is 10.5. The summed E-state index contributed by atoms with van der Waals surface area (Å²) in [5.74, 6) is 0.126. The monoisotopic (exact) mass is 206 g/mol. The highest BCUT2D eigenvalue weighted by molar-refractivity contribution is 5.73. The van der Waals surface area contributed by atoms with Gasteiger partial charge in [0, 0.05) is 6.42 Å². The summed E-state index contributed by atoms with van der Waals surface area (Å²) < 4.78 is 5.51. The highest BCUT2D eigenvalue weighted by Crippen LogP contribution is 2.22. The largest absolute Gasteiger partial charge is 0.462 e. The molecule has 0 bridgehead atoms. The summed E-state index contributed by atoms with van der Waals surface area (Å²) in [6.07, 6.45) is 14.4. The van der Waals surface area contributed by atoms with Crippen LogP contribution < -0.4 is 0 Å². The first-order valence-electron chi connectivity index (χ1n) is 5.87. The summed E-state index contributed by atoms with van der Waals surface area (Å²) in [5, 5.41) is 0. The van der Waals surface area contributed by atoms with Crippen LogP contribution in [-0.4, -0.2) is 12.1 Å². The number of ether oxygens (including phenoxy) is 1. The van der Waals surface area contributed by atoms with Crippen LogP contribution >= 0.6 is 0 Å². The molecule has 2 atom stereocenters. The van der Waals surface area contributed by atoms with Gasteiger partial charge in [0.25, 0.3) is 0 Å². The molecule has 0 aromatic heterocycles. The Kier molecular flexibility index (Phi) is 3.59. The lowest BCUT2D eigenvalue weighted by molar-refractivity contribution is -0.154. The molecule has 0 fully saturated rings. The first kappa shape index (κ1) is 10.5. The topological polar surface area (TPSA) is 26.3 Å². The first-order chi connectivity index (χ1) is 7.36. The number of carbonyl (C=O) groups is 1. The molecule has 0 unspecified atom stereocenters. The van der Waals surface area contributed by atoms with E-state index < -0.39 is 0 Å². The molecule has 2 nitrogen and oxygen atoms in total. The van der Waals surface area contributed by atoms with Gasteiger partial charge in [-0.05, 0) is 32.1 Å². The van der Waals surface area contributed by atoms with Crippen LogP contribution in [0.5, 0.6) is 0 Å². The third-order valence-corrected chi connectivity index (χ3v) is 3.11. The van der Waals surface area contributed by atoms with Crippen LogP contribution in [0.15, 0.2) is 24.3 Å². The van der Waals surface area contributed by atoms with E-state index >= 15 is 0 Å². The van der Waals surface area contributed by atoms with Crippen molar-refractivity contribution in [3.05, 3.63) is 24.3 Å². The van der Waals surface area contributed by atoms with Gasteiger partial charge < -0.3 is 4.74 Å². The van der Waals surface area contributed by atoms with Crippen LogP contribution in [0.1, 0.15) is 38.5 Å². The molecule has 0 spiro atoms. The Morgan fingerprint density at radius 3 is 2.33 bits per heavy atom. The van der Waals surface area contributed by atoms with E-state index in [1.807, 2.05) is 0 Å². The quantitative estimate of drug-likeness (QED) is 0.513.